The van der Waals surface area contributed by atoms with Gasteiger partial charge in [-0.05, 0) is 48.0 Å². The maximum Gasteiger partial charge on any atom is 0.339 e. The Morgan fingerprint density at radius 1 is 1.03 bits per heavy atom. The van der Waals surface area contributed by atoms with Crippen molar-refractivity contribution in [3.8, 4) is 11.5 Å². The number of nitrogens with zero attached hydrogens (tertiary/aromatic N) is 1. The first-order valence-electron chi connectivity index (χ1n) is 8.76. The van der Waals surface area contributed by atoms with Crippen molar-refractivity contribution in [3.63, 3.8) is 0 Å². The third-order valence-corrected chi connectivity index (χ3v) is 5.69. The number of hydrogen-bond donors (Lipinski definition) is 1. The average Bonchev–Trinajstić information content (AvgIpc) is 2.76. The molecule has 1 amide bonds. The monoisotopic (exact) mass is 478 g/mol. The van der Waals surface area contributed by atoms with E-state index in [9.17, 15) is 13.2 Å². The van der Waals surface area contributed by atoms with Crippen LogP contribution in [0, 0.1) is 0 Å². The minimum atomic E-state index is -4.11. The van der Waals surface area contributed by atoms with Crippen molar-refractivity contribution >= 4 is 45.4 Å². The Morgan fingerprint density at radius 3 is 2.45 bits per heavy atom. The summed E-state index contributed by atoms with van der Waals surface area (Å²) in [5, 5.41) is 4.29. The molecule has 0 aromatic heterocycles. The minimum absolute atomic E-state index is 0.0125. The third-order valence-electron chi connectivity index (χ3n) is 3.94. The SMILES string of the molecule is COc1cc(C=NNC(=O)c2cccc(Cl)c2)cc(Cl)c1OS(=O)(=O)c1ccccc1. The lowest BCUT2D eigenvalue weighted by molar-refractivity contribution is 0.0955. The van der Waals surface area contributed by atoms with Crippen molar-refractivity contribution in [2.75, 3.05) is 7.11 Å². The van der Waals surface area contributed by atoms with Crippen LogP contribution in [0.5, 0.6) is 11.5 Å². The number of benzene rings is 3. The molecule has 160 valence electrons. The van der Waals surface area contributed by atoms with Crippen LogP contribution in [0.4, 0.5) is 0 Å². The predicted molar refractivity (Wildman–Crippen MR) is 119 cm³/mol. The highest BCUT2D eigenvalue weighted by Crippen LogP contribution is 2.37. The Labute approximate surface area is 189 Å². The fourth-order valence-corrected chi connectivity index (χ4v) is 3.97. The Kier molecular flexibility index (Phi) is 7.17. The van der Waals surface area contributed by atoms with Crippen molar-refractivity contribution in [1.29, 1.82) is 0 Å². The molecule has 0 heterocycles. The van der Waals surface area contributed by atoms with Gasteiger partial charge in [-0.25, -0.2) is 5.43 Å². The van der Waals surface area contributed by atoms with Crippen LogP contribution in [0.3, 0.4) is 0 Å². The number of carbonyl (C=O) groups is 1. The number of nitrogens with one attached hydrogen (secondary N) is 1. The van der Waals surface area contributed by atoms with Crippen molar-refractivity contribution in [2.45, 2.75) is 4.90 Å². The molecule has 10 heteroatoms. The van der Waals surface area contributed by atoms with E-state index in [1.54, 1.807) is 36.4 Å². The van der Waals surface area contributed by atoms with E-state index < -0.39 is 16.0 Å². The van der Waals surface area contributed by atoms with Gasteiger partial charge in [-0.15, -0.1) is 0 Å². The van der Waals surface area contributed by atoms with Crippen LogP contribution in [-0.2, 0) is 10.1 Å². The molecule has 3 aromatic carbocycles. The Morgan fingerprint density at radius 2 is 1.77 bits per heavy atom. The first kappa shape index (κ1) is 22.6. The largest absolute Gasteiger partial charge is 0.493 e. The smallest absolute Gasteiger partial charge is 0.339 e. The Balaban J connectivity index is 1.79. The Bertz CT molecular complexity index is 1230. The highest BCUT2D eigenvalue weighted by atomic mass is 35.5. The molecule has 0 radical (unpaired) electrons. The van der Waals surface area contributed by atoms with Crippen molar-refractivity contribution in [2.24, 2.45) is 5.10 Å². The molecule has 0 saturated heterocycles. The lowest BCUT2D eigenvalue weighted by Gasteiger charge is -2.13. The van der Waals surface area contributed by atoms with Crippen molar-refractivity contribution in [3.05, 3.63) is 87.9 Å². The van der Waals surface area contributed by atoms with Crippen LogP contribution in [-0.4, -0.2) is 27.6 Å². The zero-order valence-electron chi connectivity index (χ0n) is 16.1. The van der Waals surface area contributed by atoms with E-state index in [-0.39, 0.29) is 21.4 Å². The summed E-state index contributed by atoms with van der Waals surface area (Å²) >= 11 is 12.1. The molecule has 0 spiro atoms. The van der Waals surface area contributed by atoms with E-state index >= 15 is 0 Å². The molecule has 0 aliphatic rings. The van der Waals surface area contributed by atoms with Crippen LogP contribution in [0.25, 0.3) is 0 Å². The van der Waals surface area contributed by atoms with Gasteiger partial charge in [0, 0.05) is 10.6 Å². The van der Waals surface area contributed by atoms with E-state index in [0.717, 1.165) is 0 Å². The lowest BCUT2D eigenvalue weighted by Crippen LogP contribution is -2.17. The summed E-state index contributed by atoms with van der Waals surface area (Å²) < 4.78 is 35.4. The van der Waals surface area contributed by atoms with Crippen molar-refractivity contribution < 1.29 is 22.1 Å². The molecule has 7 nitrogen and oxygen atoms in total. The normalized spacial score (nSPS) is 11.3. The molecule has 0 unspecified atom stereocenters. The van der Waals surface area contributed by atoms with Crippen molar-refractivity contribution in [1.82, 2.24) is 5.43 Å². The van der Waals surface area contributed by atoms with Gasteiger partial charge in [-0.2, -0.15) is 13.5 Å². The molecule has 3 aromatic rings. The van der Waals surface area contributed by atoms with Gasteiger partial charge in [0.1, 0.15) is 4.90 Å². The van der Waals surface area contributed by atoms with Gasteiger partial charge in [0.25, 0.3) is 5.91 Å². The average molecular weight is 479 g/mol. The number of carbonyl (C=O) groups excluding carboxylic acids is 1. The zero-order chi connectivity index (χ0) is 22.4. The third kappa shape index (κ3) is 5.75. The van der Waals surface area contributed by atoms with E-state index in [1.165, 1.54) is 43.7 Å². The first-order valence-corrected chi connectivity index (χ1v) is 10.9. The molecular weight excluding hydrogens is 463 g/mol. The predicted octanol–water partition coefficient (Wildman–Crippen LogP) is 4.53. The van der Waals surface area contributed by atoms with E-state index in [1.807, 2.05) is 0 Å². The fourth-order valence-electron chi connectivity index (χ4n) is 2.50. The van der Waals surface area contributed by atoms with Gasteiger partial charge in [-0.3, -0.25) is 4.79 Å². The maximum atomic E-state index is 12.5. The van der Waals surface area contributed by atoms with E-state index in [4.69, 9.17) is 32.1 Å². The highest BCUT2D eigenvalue weighted by Gasteiger charge is 2.21. The first-order chi connectivity index (χ1) is 14.8. The van der Waals surface area contributed by atoms with Crippen LogP contribution >= 0.6 is 23.2 Å². The molecule has 1 N–H and O–H groups in total. The zero-order valence-corrected chi connectivity index (χ0v) is 18.4. The molecule has 0 bridgehead atoms. The second-order valence-electron chi connectivity index (χ2n) is 6.09. The van der Waals surface area contributed by atoms with E-state index in [0.29, 0.717) is 16.1 Å². The Hall–Kier alpha value is -3.07. The number of amides is 1. The lowest BCUT2D eigenvalue weighted by atomic mass is 10.2. The second-order valence-corrected chi connectivity index (χ2v) is 8.48. The van der Waals surface area contributed by atoms with Crippen LogP contribution in [0.15, 0.2) is 76.7 Å². The number of methoxy groups -OCH3 is 1. The van der Waals surface area contributed by atoms with E-state index in [2.05, 4.69) is 10.5 Å². The number of hydrazone groups is 1. The number of halogens is 2. The summed E-state index contributed by atoms with van der Waals surface area (Å²) in [5.41, 5.74) is 3.15. The molecule has 0 aliphatic carbocycles. The van der Waals surface area contributed by atoms with Gasteiger partial charge < -0.3 is 8.92 Å². The molecule has 0 atom stereocenters. The van der Waals surface area contributed by atoms with Crippen LogP contribution in [0.2, 0.25) is 10.0 Å². The van der Waals surface area contributed by atoms with Gasteiger partial charge in [0.2, 0.25) is 5.75 Å². The highest BCUT2D eigenvalue weighted by molar-refractivity contribution is 7.87. The van der Waals surface area contributed by atoms with Gasteiger partial charge in [0.05, 0.1) is 18.3 Å². The van der Waals surface area contributed by atoms with Crippen LogP contribution in [0.1, 0.15) is 15.9 Å². The molecule has 0 aliphatic heterocycles. The topological polar surface area (TPSA) is 94.1 Å². The quantitative estimate of drug-likeness (QED) is 0.305. The minimum Gasteiger partial charge on any atom is -0.493 e. The molecule has 3 rings (SSSR count). The molecule has 31 heavy (non-hydrogen) atoms. The summed E-state index contributed by atoms with van der Waals surface area (Å²) in [4.78, 5) is 12.1. The van der Waals surface area contributed by atoms with Gasteiger partial charge in [-0.1, -0.05) is 47.5 Å². The van der Waals surface area contributed by atoms with Crippen LogP contribution < -0.4 is 14.3 Å². The maximum absolute atomic E-state index is 12.5. The summed E-state index contributed by atoms with van der Waals surface area (Å²) in [7, 11) is -2.77. The number of rotatable bonds is 7. The molecule has 0 fully saturated rings. The number of hydrogen-bond acceptors (Lipinski definition) is 6. The standard InChI is InChI=1S/C21H16Cl2N2O5S/c1-29-19-11-14(13-24-25-21(26)15-6-5-7-16(22)12-15)10-18(23)20(19)30-31(27,28)17-8-3-2-4-9-17/h2-13H,1H3,(H,25,26). The molecular formula is C21H16Cl2N2O5S. The van der Waals surface area contributed by atoms with Gasteiger partial charge in [0.15, 0.2) is 5.75 Å². The summed E-state index contributed by atoms with van der Waals surface area (Å²) in [6, 6.07) is 16.9. The fraction of sp³-hybridized carbons (Fsp3) is 0.0476. The molecule has 0 saturated carbocycles. The number of ether oxygens (including phenoxy) is 1. The second kappa shape index (κ2) is 9.82. The van der Waals surface area contributed by atoms with Gasteiger partial charge >= 0.3 is 10.1 Å². The summed E-state index contributed by atoms with van der Waals surface area (Å²) in [6.45, 7) is 0. The summed E-state index contributed by atoms with van der Waals surface area (Å²) in [6.07, 6.45) is 1.33. The summed E-state index contributed by atoms with van der Waals surface area (Å²) in [5.74, 6) is -0.534.